The first kappa shape index (κ1) is 30.6. The van der Waals surface area contributed by atoms with Gasteiger partial charge in [-0.2, -0.15) is 0 Å². The zero-order valence-corrected chi connectivity index (χ0v) is 26.8. The minimum absolute atomic E-state index is 0.0319. The van der Waals surface area contributed by atoms with Gasteiger partial charge in [0.15, 0.2) is 10.9 Å². The average Bonchev–Trinajstić information content (AvgIpc) is 3.65. The van der Waals surface area contributed by atoms with Gasteiger partial charge in [0.05, 0.1) is 11.8 Å². The highest BCUT2D eigenvalue weighted by atomic mass is 32.1. The lowest BCUT2D eigenvalue weighted by Crippen LogP contribution is -2.53. The van der Waals surface area contributed by atoms with Crippen LogP contribution in [-0.2, 0) is 14.3 Å². The van der Waals surface area contributed by atoms with Crippen molar-refractivity contribution in [2.24, 2.45) is 16.7 Å². The van der Waals surface area contributed by atoms with E-state index in [0.29, 0.717) is 18.5 Å². The fourth-order valence-corrected chi connectivity index (χ4v) is 7.12. The van der Waals surface area contributed by atoms with Crippen molar-refractivity contribution in [2.75, 3.05) is 51.3 Å². The van der Waals surface area contributed by atoms with Crippen LogP contribution in [-0.4, -0.2) is 96.9 Å². The van der Waals surface area contributed by atoms with Gasteiger partial charge >= 0.3 is 0 Å². The predicted molar refractivity (Wildman–Crippen MR) is 166 cm³/mol. The van der Waals surface area contributed by atoms with E-state index in [1.54, 1.807) is 28.4 Å². The standard InChI is InChI=1S/C32H45N5O4S/c1-31(2,3)16-23(29(40)37-17-22(32(4,5)6)27-26(37)25(38)18-41-27)33-28(39)21-10-8-20(9-11-21)24-19-42-30(34-24)36-14-12-35(7)13-15-36/h8-11,19,22-23,26-27H,12-18H2,1-7H3,(H,33,39)/t22-,23?,26-,27-/m1/s1. The normalized spacial score (nSPS) is 24.2. The van der Waals surface area contributed by atoms with Crippen LogP contribution >= 0.6 is 11.3 Å². The maximum Gasteiger partial charge on any atom is 0.251 e. The number of likely N-dealkylation sites (N-methyl/N-ethyl adjacent to an activating group) is 1. The fourth-order valence-electron chi connectivity index (χ4n) is 6.23. The highest BCUT2D eigenvalue weighted by Gasteiger charge is 2.56. The van der Waals surface area contributed by atoms with Crippen LogP contribution in [0.3, 0.4) is 0 Å². The minimum Gasteiger partial charge on any atom is -0.367 e. The van der Waals surface area contributed by atoms with Gasteiger partial charge in [-0.05, 0) is 36.4 Å². The molecule has 0 radical (unpaired) electrons. The number of rotatable bonds is 6. The van der Waals surface area contributed by atoms with E-state index in [2.05, 4.69) is 48.3 Å². The average molecular weight is 596 g/mol. The molecule has 2 amide bonds. The number of benzene rings is 1. The molecule has 1 aromatic heterocycles. The molecule has 1 N–H and O–H groups in total. The first-order chi connectivity index (χ1) is 19.7. The SMILES string of the molecule is CN1CCN(c2nc(-c3ccc(C(=O)NC(CC(C)(C)C)C(=O)N4C[C@@H](C(C)(C)C)[C@H]5OCC(=O)[C@H]54)cc3)cs2)CC1. The second-order valence-electron chi connectivity index (χ2n) is 14.3. The number of fused-ring (bicyclic) bond motifs is 1. The Hall–Kier alpha value is -2.82. The summed E-state index contributed by atoms with van der Waals surface area (Å²) in [5.74, 6) is -0.541. The van der Waals surface area contributed by atoms with Gasteiger partial charge in [-0.3, -0.25) is 14.4 Å². The number of nitrogens with zero attached hydrogens (tertiary/aromatic N) is 4. The zero-order chi connectivity index (χ0) is 30.4. The molecule has 2 aromatic rings. The lowest BCUT2D eigenvalue weighted by atomic mass is 9.78. The third-order valence-corrected chi connectivity index (χ3v) is 9.61. The van der Waals surface area contributed by atoms with Crippen LogP contribution in [0.1, 0.15) is 58.3 Å². The van der Waals surface area contributed by atoms with Crippen LogP contribution < -0.4 is 10.2 Å². The molecule has 0 spiro atoms. The number of anilines is 1. The molecule has 9 nitrogen and oxygen atoms in total. The largest absolute Gasteiger partial charge is 0.367 e. The number of likely N-dealkylation sites (tertiary alicyclic amines) is 1. The lowest BCUT2D eigenvalue weighted by Gasteiger charge is -2.32. The van der Waals surface area contributed by atoms with E-state index >= 15 is 0 Å². The van der Waals surface area contributed by atoms with Gasteiger partial charge in [0.1, 0.15) is 18.7 Å². The molecule has 0 saturated carbocycles. The summed E-state index contributed by atoms with van der Waals surface area (Å²) in [6, 6.07) is 6.04. The number of Topliss-reactive ketones (excluding diaryl/α,β-unsaturated/α-hetero) is 1. The van der Waals surface area contributed by atoms with Crippen molar-refractivity contribution < 1.29 is 19.1 Å². The van der Waals surface area contributed by atoms with E-state index in [1.807, 2.05) is 32.9 Å². The second-order valence-corrected chi connectivity index (χ2v) is 15.2. The molecule has 10 heteroatoms. The second kappa shape index (κ2) is 11.7. The number of carbonyl (C=O) groups is 3. The van der Waals surface area contributed by atoms with Crippen molar-refractivity contribution in [3.05, 3.63) is 35.2 Å². The van der Waals surface area contributed by atoms with Gasteiger partial charge in [-0.1, -0.05) is 53.7 Å². The number of ether oxygens (including phenoxy) is 1. The minimum atomic E-state index is -0.755. The molecule has 5 rings (SSSR count). The van der Waals surface area contributed by atoms with Crippen LogP contribution in [0.25, 0.3) is 11.3 Å². The number of hydrogen-bond acceptors (Lipinski definition) is 8. The van der Waals surface area contributed by atoms with E-state index < -0.39 is 12.1 Å². The Bertz CT molecular complexity index is 1300. The Morgan fingerprint density at radius 1 is 1.07 bits per heavy atom. The van der Waals surface area contributed by atoms with E-state index in [4.69, 9.17) is 9.72 Å². The third kappa shape index (κ3) is 6.55. The Balaban J connectivity index is 1.30. The zero-order valence-electron chi connectivity index (χ0n) is 26.0. The van der Waals surface area contributed by atoms with Gasteiger partial charge in [0, 0.05) is 55.1 Å². The Morgan fingerprint density at radius 2 is 1.74 bits per heavy atom. The first-order valence-electron chi connectivity index (χ1n) is 15.0. The molecule has 0 bridgehead atoms. The van der Waals surface area contributed by atoms with E-state index in [0.717, 1.165) is 42.6 Å². The molecule has 42 heavy (non-hydrogen) atoms. The van der Waals surface area contributed by atoms with E-state index in [9.17, 15) is 14.4 Å². The lowest BCUT2D eigenvalue weighted by molar-refractivity contribution is -0.138. The number of amides is 2. The molecule has 0 aliphatic carbocycles. The monoisotopic (exact) mass is 595 g/mol. The number of thiazole rings is 1. The van der Waals surface area contributed by atoms with Gasteiger partial charge < -0.3 is 24.8 Å². The topological polar surface area (TPSA) is 95.1 Å². The maximum atomic E-state index is 14.0. The van der Waals surface area contributed by atoms with Gasteiger partial charge in [0.25, 0.3) is 5.91 Å². The van der Waals surface area contributed by atoms with Crippen molar-refractivity contribution in [2.45, 2.75) is 66.2 Å². The van der Waals surface area contributed by atoms with Crippen molar-refractivity contribution in [3.8, 4) is 11.3 Å². The summed E-state index contributed by atoms with van der Waals surface area (Å²) in [6.45, 7) is 17.0. The fraction of sp³-hybridized carbons (Fsp3) is 0.625. The van der Waals surface area contributed by atoms with Crippen LogP contribution in [0.15, 0.2) is 29.6 Å². The summed E-state index contributed by atoms with van der Waals surface area (Å²) in [7, 11) is 2.14. The third-order valence-electron chi connectivity index (χ3n) is 8.71. The summed E-state index contributed by atoms with van der Waals surface area (Å²) in [5.41, 5.74) is 1.97. The number of ketones is 1. The Labute approximate surface area is 253 Å². The van der Waals surface area contributed by atoms with Crippen molar-refractivity contribution in [1.82, 2.24) is 20.1 Å². The number of piperazine rings is 1. The van der Waals surface area contributed by atoms with Crippen molar-refractivity contribution in [3.63, 3.8) is 0 Å². The van der Waals surface area contributed by atoms with Crippen LogP contribution in [0, 0.1) is 16.7 Å². The number of carbonyl (C=O) groups excluding carboxylic acids is 3. The summed E-state index contributed by atoms with van der Waals surface area (Å²) in [4.78, 5) is 51.5. The summed E-state index contributed by atoms with van der Waals surface area (Å²) >= 11 is 1.64. The highest BCUT2D eigenvalue weighted by molar-refractivity contribution is 7.14. The molecule has 4 heterocycles. The van der Waals surface area contributed by atoms with Crippen LogP contribution in [0.2, 0.25) is 0 Å². The van der Waals surface area contributed by atoms with Crippen LogP contribution in [0.4, 0.5) is 5.13 Å². The first-order valence-corrected chi connectivity index (χ1v) is 15.8. The maximum absolute atomic E-state index is 14.0. The van der Waals surface area contributed by atoms with E-state index in [1.165, 1.54) is 0 Å². The molecular formula is C32H45N5O4S. The molecular weight excluding hydrogens is 550 g/mol. The predicted octanol–water partition coefficient (Wildman–Crippen LogP) is 3.94. The number of aromatic nitrogens is 1. The quantitative estimate of drug-likeness (QED) is 0.541. The van der Waals surface area contributed by atoms with Crippen LogP contribution in [0.5, 0.6) is 0 Å². The molecule has 3 fully saturated rings. The van der Waals surface area contributed by atoms with Gasteiger partial charge in [0.2, 0.25) is 5.91 Å². The van der Waals surface area contributed by atoms with Gasteiger partial charge in [-0.15, -0.1) is 11.3 Å². The molecule has 3 aliphatic heterocycles. The van der Waals surface area contributed by atoms with Crippen molar-refractivity contribution in [1.29, 1.82) is 0 Å². The molecule has 4 atom stereocenters. The van der Waals surface area contributed by atoms with Crippen molar-refractivity contribution >= 4 is 34.1 Å². The Morgan fingerprint density at radius 3 is 2.36 bits per heavy atom. The number of nitrogens with one attached hydrogen (secondary N) is 1. The summed E-state index contributed by atoms with van der Waals surface area (Å²) in [6.07, 6.45) is 0.148. The number of hydrogen-bond donors (Lipinski definition) is 1. The smallest absolute Gasteiger partial charge is 0.251 e. The Kier molecular flexibility index (Phi) is 8.53. The molecule has 1 unspecified atom stereocenters. The highest BCUT2D eigenvalue weighted by Crippen LogP contribution is 2.42. The van der Waals surface area contributed by atoms with Gasteiger partial charge in [-0.25, -0.2) is 4.98 Å². The summed E-state index contributed by atoms with van der Waals surface area (Å²) in [5, 5.41) is 6.10. The van der Waals surface area contributed by atoms with E-state index in [-0.39, 0.29) is 47.1 Å². The molecule has 3 aliphatic rings. The summed E-state index contributed by atoms with van der Waals surface area (Å²) < 4.78 is 5.89. The molecule has 1 aromatic carbocycles. The molecule has 3 saturated heterocycles. The molecule has 228 valence electrons.